The Balaban J connectivity index is 2.22. The van der Waals surface area contributed by atoms with Gasteiger partial charge < -0.3 is 11.1 Å². The van der Waals surface area contributed by atoms with Gasteiger partial charge in [0.25, 0.3) is 5.91 Å². The van der Waals surface area contributed by atoms with Gasteiger partial charge in [0.15, 0.2) is 0 Å². The fraction of sp³-hybridized carbons (Fsp3) is 0.143. The number of aryl methyl sites for hydroxylation is 2. The molecule has 18 heavy (non-hydrogen) atoms. The van der Waals surface area contributed by atoms with Crippen LogP contribution in [0.25, 0.3) is 0 Å². The molecule has 4 nitrogen and oxygen atoms in total. The maximum atomic E-state index is 12.1. The van der Waals surface area contributed by atoms with Gasteiger partial charge in [0, 0.05) is 29.3 Å². The Bertz CT molecular complexity index is 593. The Labute approximate surface area is 106 Å². The largest absolute Gasteiger partial charge is 0.399 e. The van der Waals surface area contributed by atoms with Crippen molar-refractivity contribution in [1.29, 1.82) is 0 Å². The zero-order chi connectivity index (χ0) is 13.1. The first-order valence-corrected chi connectivity index (χ1v) is 5.66. The fourth-order valence-corrected chi connectivity index (χ4v) is 1.63. The van der Waals surface area contributed by atoms with E-state index >= 15 is 0 Å². The van der Waals surface area contributed by atoms with Crippen molar-refractivity contribution in [2.75, 3.05) is 11.1 Å². The number of hydrogen-bond donors (Lipinski definition) is 2. The molecule has 4 heteroatoms. The monoisotopic (exact) mass is 241 g/mol. The highest BCUT2D eigenvalue weighted by atomic mass is 16.1. The van der Waals surface area contributed by atoms with E-state index in [9.17, 15) is 4.79 Å². The first kappa shape index (κ1) is 12.1. The number of carbonyl (C=O) groups is 1. The summed E-state index contributed by atoms with van der Waals surface area (Å²) in [6.07, 6.45) is 3.36. The zero-order valence-corrected chi connectivity index (χ0v) is 10.4. The number of rotatable bonds is 2. The number of nitrogens with one attached hydrogen (secondary N) is 1. The lowest BCUT2D eigenvalue weighted by Crippen LogP contribution is -2.13. The number of nitrogens with zero attached hydrogens (tertiary/aromatic N) is 1. The van der Waals surface area contributed by atoms with Crippen molar-refractivity contribution in [2.45, 2.75) is 13.8 Å². The number of nitrogen functional groups attached to an aromatic ring is 1. The van der Waals surface area contributed by atoms with E-state index < -0.39 is 0 Å². The molecule has 0 unspecified atom stereocenters. The van der Waals surface area contributed by atoms with E-state index in [-0.39, 0.29) is 5.91 Å². The number of hydrogen-bond acceptors (Lipinski definition) is 3. The van der Waals surface area contributed by atoms with Crippen LogP contribution in [-0.2, 0) is 0 Å². The molecule has 0 aliphatic heterocycles. The van der Waals surface area contributed by atoms with Crippen molar-refractivity contribution in [1.82, 2.24) is 4.98 Å². The molecule has 1 aromatic heterocycles. The summed E-state index contributed by atoms with van der Waals surface area (Å²) >= 11 is 0. The molecule has 2 aromatic rings. The number of carbonyl (C=O) groups excluding carboxylic acids is 1. The number of nitrogens with two attached hydrogens (primary N) is 1. The summed E-state index contributed by atoms with van der Waals surface area (Å²) in [5.74, 6) is -0.146. The van der Waals surface area contributed by atoms with E-state index in [0.717, 1.165) is 16.8 Å². The Morgan fingerprint density at radius 2 is 2.00 bits per heavy atom. The highest BCUT2D eigenvalue weighted by Gasteiger charge is 2.08. The number of amides is 1. The highest BCUT2D eigenvalue weighted by molar-refractivity contribution is 6.04. The van der Waals surface area contributed by atoms with Crippen LogP contribution in [-0.4, -0.2) is 10.9 Å². The van der Waals surface area contributed by atoms with E-state index in [4.69, 9.17) is 5.73 Å². The summed E-state index contributed by atoms with van der Waals surface area (Å²) in [5, 5.41) is 2.85. The summed E-state index contributed by atoms with van der Waals surface area (Å²) in [5.41, 5.74) is 9.60. The fourth-order valence-electron chi connectivity index (χ4n) is 1.63. The number of pyridine rings is 1. The maximum absolute atomic E-state index is 12.1. The number of aromatic nitrogens is 1. The molecule has 2 rings (SSSR count). The zero-order valence-electron chi connectivity index (χ0n) is 10.4. The molecule has 0 aliphatic carbocycles. The molecular formula is C14H15N3O. The summed E-state index contributed by atoms with van der Waals surface area (Å²) in [7, 11) is 0. The van der Waals surface area contributed by atoms with Gasteiger partial charge in [-0.25, -0.2) is 0 Å². The van der Waals surface area contributed by atoms with Gasteiger partial charge in [0.1, 0.15) is 0 Å². The van der Waals surface area contributed by atoms with Crippen molar-refractivity contribution >= 4 is 17.3 Å². The summed E-state index contributed by atoms with van der Waals surface area (Å²) < 4.78 is 0. The third kappa shape index (κ3) is 2.48. The third-order valence-electron chi connectivity index (χ3n) is 2.80. The van der Waals surface area contributed by atoms with Crippen molar-refractivity contribution < 1.29 is 4.79 Å². The van der Waals surface area contributed by atoms with Crippen molar-refractivity contribution in [3.63, 3.8) is 0 Å². The Morgan fingerprint density at radius 3 is 2.67 bits per heavy atom. The normalized spacial score (nSPS) is 10.1. The molecule has 1 amide bonds. The van der Waals surface area contributed by atoms with Gasteiger partial charge in [0.2, 0.25) is 0 Å². The van der Waals surface area contributed by atoms with Gasteiger partial charge >= 0.3 is 0 Å². The second kappa shape index (κ2) is 4.87. The second-order valence-corrected chi connectivity index (χ2v) is 4.22. The molecule has 0 spiro atoms. The SMILES string of the molecule is Cc1cc(C(=O)Nc2ccncc2C)ccc1N. The minimum atomic E-state index is -0.146. The van der Waals surface area contributed by atoms with Gasteiger partial charge in [-0.3, -0.25) is 9.78 Å². The molecule has 0 bridgehead atoms. The Hall–Kier alpha value is -2.36. The molecule has 1 aromatic carbocycles. The maximum Gasteiger partial charge on any atom is 0.255 e. The molecule has 1 heterocycles. The summed E-state index contributed by atoms with van der Waals surface area (Å²) in [6, 6.07) is 7.01. The van der Waals surface area contributed by atoms with Crippen LogP contribution >= 0.6 is 0 Å². The quantitative estimate of drug-likeness (QED) is 0.794. The minimum Gasteiger partial charge on any atom is -0.399 e. The van der Waals surface area contributed by atoms with Gasteiger partial charge in [0.05, 0.1) is 0 Å². The highest BCUT2D eigenvalue weighted by Crippen LogP contribution is 2.16. The smallest absolute Gasteiger partial charge is 0.255 e. The second-order valence-electron chi connectivity index (χ2n) is 4.22. The van der Waals surface area contributed by atoms with E-state index in [0.29, 0.717) is 11.3 Å². The van der Waals surface area contributed by atoms with Crippen LogP contribution in [0.15, 0.2) is 36.7 Å². The average Bonchev–Trinajstić information content (AvgIpc) is 2.35. The van der Waals surface area contributed by atoms with Crippen LogP contribution in [0.2, 0.25) is 0 Å². The number of anilines is 2. The van der Waals surface area contributed by atoms with Gasteiger partial charge in [-0.15, -0.1) is 0 Å². The summed E-state index contributed by atoms with van der Waals surface area (Å²) in [6.45, 7) is 3.78. The molecular weight excluding hydrogens is 226 g/mol. The average molecular weight is 241 g/mol. The predicted molar refractivity (Wildman–Crippen MR) is 72.5 cm³/mol. The molecule has 3 N–H and O–H groups in total. The van der Waals surface area contributed by atoms with E-state index in [2.05, 4.69) is 10.3 Å². The van der Waals surface area contributed by atoms with Gasteiger partial charge in [-0.2, -0.15) is 0 Å². The predicted octanol–water partition coefficient (Wildman–Crippen LogP) is 2.53. The van der Waals surface area contributed by atoms with E-state index in [1.165, 1.54) is 0 Å². The molecule has 0 radical (unpaired) electrons. The first-order valence-electron chi connectivity index (χ1n) is 5.66. The lowest BCUT2D eigenvalue weighted by molar-refractivity contribution is 0.102. The van der Waals surface area contributed by atoms with E-state index in [1.807, 2.05) is 13.8 Å². The Kier molecular flexibility index (Phi) is 3.28. The van der Waals surface area contributed by atoms with E-state index in [1.54, 1.807) is 36.7 Å². The van der Waals surface area contributed by atoms with Crippen molar-refractivity contribution in [2.24, 2.45) is 0 Å². The summed E-state index contributed by atoms with van der Waals surface area (Å²) in [4.78, 5) is 16.0. The molecule has 0 saturated heterocycles. The molecule has 92 valence electrons. The van der Waals surface area contributed by atoms with Crippen molar-refractivity contribution in [3.05, 3.63) is 53.3 Å². The lowest BCUT2D eigenvalue weighted by atomic mass is 10.1. The molecule has 0 atom stereocenters. The first-order chi connectivity index (χ1) is 8.58. The minimum absolute atomic E-state index is 0.146. The lowest BCUT2D eigenvalue weighted by Gasteiger charge is -2.08. The Morgan fingerprint density at radius 1 is 1.22 bits per heavy atom. The van der Waals surface area contributed by atoms with Crippen LogP contribution in [0.3, 0.4) is 0 Å². The number of benzene rings is 1. The van der Waals surface area contributed by atoms with Gasteiger partial charge in [-0.1, -0.05) is 0 Å². The molecule has 0 saturated carbocycles. The third-order valence-corrected chi connectivity index (χ3v) is 2.80. The van der Waals surface area contributed by atoms with Crippen LogP contribution < -0.4 is 11.1 Å². The van der Waals surface area contributed by atoms with Crippen LogP contribution in [0.5, 0.6) is 0 Å². The van der Waals surface area contributed by atoms with Crippen LogP contribution in [0, 0.1) is 13.8 Å². The van der Waals surface area contributed by atoms with Gasteiger partial charge in [-0.05, 0) is 49.2 Å². The standard InChI is InChI=1S/C14H15N3O/c1-9-7-11(3-4-12(9)15)14(18)17-13-5-6-16-8-10(13)2/h3-8H,15H2,1-2H3,(H,16,17,18). The topological polar surface area (TPSA) is 68.0 Å². The van der Waals surface area contributed by atoms with Crippen LogP contribution in [0.4, 0.5) is 11.4 Å². The van der Waals surface area contributed by atoms with Crippen molar-refractivity contribution in [3.8, 4) is 0 Å². The molecule has 0 aliphatic rings. The van der Waals surface area contributed by atoms with Crippen LogP contribution in [0.1, 0.15) is 21.5 Å². The molecule has 0 fully saturated rings.